The van der Waals surface area contributed by atoms with Crippen LogP contribution in [0.25, 0.3) is 0 Å². The molecule has 1 unspecified atom stereocenters. The second-order valence-electron chi connectivity index (χ2n) is 2.84. The van der Waals surface area contributed by atoms with Gasteiger partial charge in [-0.1, -0.05) is 11.6 Å². The lowest BCUT2D eigenvalue weighted by molar-refractivity contribution is -0.117. The molecule has 0 spiro atoms. The summed E-state index contributed by atoms with van der Waals surface area (Å²) >= 11 is 5.64. The molecule has 1 atom stereocenters. The zero-order valence-electron chi connectivity index (χ0n) is 7.42. The average molecular weight is 212 g/mol. The zero-order chi connectivity index (χ0) is 10.7. The zero-order valence-corrected chi connectivity index (χ0v) is 8.18. The largest absolute Gasteiger partial charge is 0.298 e. The lowest BCUT2D eigenvalue weighted by Gasteiger charge is -2.06. The van der Waals surface area contributed by atoms with Gasteiger partial charge in [0.15, 0.2) is 5.78 Å². The normalized spacial score (nSPS) is 11.9. The Hall–Kier alpha value is -1.40. The molecule has 0 heterocycles. The first-order chi connectivity index (χ1) is 6.56. The predicted octanol–water partition coefficient (Wildman–Crippen LogP) is 2.68. The minimum atomic E-state index is -1.08. The van der Waals surface area contributed by atoms with Crippen molar-refractivity contribution in [2.45, 2.75) is 12.8 Å². The van der Waals surface area contributed by atoms with E-state index in [9.17, 15) is 9.18 Å². The molecule has 0 radical (unpaired) electrons. The van der Waals surface area contributed by atoms with E-state index in [2.05, 4.69) is 0 Å². The summed E-state index contributed by atoms with van der Waals surface area (Å²) in [5.41, 5.74) is 0.0347. The first-order valence-electron chi connectivity index (χ1n) is 3.91. The van der Waals surface area contributed by atoms with Crippen LogP contribution in [-0.2, 0) is 4.79 Å². The summed E-state index contributed by atoms with van der Waals surface area (Å²) in [5.74, 6) is -2.06. The third kappa shape index (κ3) is 2.09. The number of hydrogen-bond acceptors (Lipinski definition) is 2. The van der Waals surface area contributed by atoms with Gasteiger partial charge >= 0.3 is 0 Å². The highest BCUT2D eigenvalue weighted by Crippen LogP contribution is 2.23. The molecule has 72 valence electrons. The molecule has 0 saturated carbocycles. The van der Waals surface area contributed by atoms with E-state index in [1.165, 1.54) is 19.1 Å². The van der Waals surface area contributed by atoms with Crippen LogP contribution in [0, 0.1) is 17.1 Å². The van der Waals surface area contributed by atoms with Crippen molar-refractivity contribution in [2.24, 2.45) is 0 Å². The highest BCUT2D eigenvalue weighted by Gasteiger charge is 2.19. The van der Waals surface area contributed by atoms with Crippen LogP contribution in [0.3, 0.4) is 0 Å². The number of carbonyl (C=O) groups excluding carboxylic acids is 1. The van der Waals surface area contributed by atoms with E-state index in [0.717, 1.165) is 6.07 Å². The van der Waals surface area contributed by atoms with Crippen molar-refractivity contribution >= 4 is 17.4 Å². The number of carbonyl (C=O) groups is 1. The summed E-state index contributed by atoms with van der Waals surface area (Å²) in [4.78, 5) is 11.0. The van der Waals surface area contributed by atoms with Crippen LogP contribution < -0.4 is 0 Å². The fourth-order valence-corrected chi connectivity index (χ4v) is 1.30. The first kappa shape index (κ1) is 10.7. The van der Waals surface area contributed by atoms with E-state index in [1.54, 1.807) is 6.07 Å². The van der Waals surface area contributed by atoms with Crippen LogP contribution in [0.1, 0.15) is 18.4 Å². The minimum absolute atomic E-state index is 0.0347. The molecule has 0 amide bonds. The van der Waals surface area contributed by atoms with Gasteiger partial charge in [-0.2, -0.15) is 5.26 Å². The van der Waals surface area contributed by atoms with Crippen molar-refractivity contribution in [3.8, 4) is 6.07 Å². The average Bonchev–Trinajstić information content (AvgIpc) is 2.11. The Kier molecular flexibility index (Phi) is 3.21. The Bertz CT molecular complexity index is 411. The van der Waals surface area contributed by atoms with Crippen molar-refractivity contribution < 1.29 is 9.18 Å². The van der Waals surface area contributed by atoms with Gasteiger partial charge in [0.1, 0.15) is 11.7 Å². The quantitative estimate of drug-likeness (QED) is 0.755. The highest BCUT2D eigenvalue weighted by molar-refractivity contribution is 6.30. The number of nitrogens with zero attached hydrogens (tertiary/aromatic N) is 1. The van der Waals surface area contributed by atoms with Crippen molar-refractivity contribution in [1.82, 2.24) is 0 Å². The molecular formula is C10H7ClFNO. The van der Waals surface area contributed by atoms with Gasteiger partial charge in [-0.3, -0.25) is 4.79 Å². The second kappa shape index (κ2) is 4.21. The van der Waals surface area contributed by atoms with Crippen molar-refractivity contribution in [2.75, 3.05) is 0 Å². The van der Waals surface area contributed by atoms with E-state index < -0.39 is 17.5 Å². The fourth-order valence-electron chi connectivity index (χ4n) is 1.12. The first-order valence-corrected chi connectivity index (χ1v) is 4.29. The monoisotopic (exact) mass is 211 g/mol. The molecule has 2 nitrogen and oxygen atoms in total. The van der Waals surface area contributed by atoms with E-state index >= 15 is 0 Å². The molecular weight excluding hydrogens is 205 g/mol. The molecule has 0 N–H and O–H groups in total. The third-order valence-electron chi connectivity index (χ3n) is 1.80. The Morgan fingerprint density at radius 2 is 2.29 bits per heavy atom. The van der Waals surface area contributed by atoms with Crippen molar-refractivity contribution in [1.29, 1.82) is 5.26 Å². The Labute approximate surface area is 85.9 Å². The SMILES string of the molecule is CC(=O)C(C#N)c1cc(Cl)ccc1F. The molecule has 1 rings (SSSR count). The number of Topliss-reactive ketones (excluding diaryl/α,β-unsaturated/α-hetero) is 1. The summed E-state index contributed by atoms with van der Waals surface area (Å²) in [6, 6.07) is 5.55. The molecule has 1 aromatic carbocycles. The lowest BCUT2D eigenvalue weighted by atomic mass is 9.96. The van der Waals surface area contributed by atoms with Gasteiger partial charge in [-0.15, -0.1) is 0 Å². The Morgan fingerprint density at radius 3 is 2.79 bits per heavy atom. The Balaban J connectivity index is 3.23. The van der Waals surface area contributed by atoms with Crippen LogP contribution >= 0.6 is 11.6 Å². The van der Waals surface area contributed by atoms with Crippen LogP contribution in [-0.4, -0.2) is 5.78 Å². The van der Waals surface area contributed by atoms with Gasteiger partial charge in [0.25, 0.3) is 0 Å². The fraction of sp³-hybridized carbons (Fsp3) is 0.200. The topological polar surface area (TPSA) is 40.9 Å². The summed E-state index contributed by atoms with van der Waals surface area (Å²) in [5, 5.41) is 8.99. The lowest BCUT2D eigenvalue weighted by Crippen LogP contribution is -2.08. The number of hydrogen-bond donors (Lipinski definition) is 0. The van der Waals surface area contributed by atoms with Gasteiger partial charge in [-0.25, -0.2) is 4.39 Å². The van der Waals surface area contributed by atoms with Crippen LogP contribution in [0.2, 0.25) is 5.02 Å². The smallest absolute Gasteiger partial charge is 0.151 e. The molecule has 4 heteroatoms. The van der Waals surface area contributed by atoms with Crippen LogP contribution in [0.5, 0.6) is 0 Å². The maximum atomic E-state index is 13.2. The molecule has 0 fully saturated rings. The van der Waals surface area contributed by atoms with Crippen molar-refractivity contribution in [3.63, 3.8) is 0 Å². The Morgan fingerprint density at radius 1 is 1.64 bits per heavy atom. The molecule has 0 aliphatic heterocycles. The van der Waals surface area contributed by atoms with Gasteiger partial charge in [0, 0.05) is 10.6 Å². The van der Waals surface area contributed by atoms with Crippen LogP contribution in [0.15, 0.2) is 18.2 Å². The van der Waals surface area contributed by atoms with Gasteiger partial charge in [0.2, 0.25) is 0 Å². The van der Waals surface area contributed by atoms with Gasteiger partial charge in [-0.05, 0) is 25.1 Å². The molecule has 0 saturated heterocycles. The van der Waals surface area contributed by atoms with Gasteiger partial charge in [0.05, 0.1) is 6.07 Å². The maximum Gasteiger partial charge on any atom is 0.151 e. The summed E-state index contributed by atoms with van der Waals surface area (Å²) in [7, 11) is 0. The van der Waals surface area contributed by atoms with E-state index in [4.69, 9.17) is 16.9 Å². The van der Waals surface area contributed by atoms with Crippen LogP contribution in [0.4, 0.5) is 4.39 Å². The third-order valence-corrected chi connectivity index (χ3v) is 2.04. The summed E-state index contributed by atoms with van der Waals surface area (Å²) in [6.45, 7) is 1.24. The highest BCUT2D eigenvalue weighted by atomic mass is 35.5. The molecule has 0 bridgehead atoms. The van der Waals surface area contributed by atoms with E-state index in [-0.39, 0.29) is 5.56 Å². The summed E-state index contributed by atoms with van der Waals surface area (Å²) in [6.07, 6.45) is 0. The number of ketones is 1. The van der Waals surface area contributed by atoms with Gasteiger partial charge < -0.3 is 0 Å². The second-order valence-corrected chi connectivity index (χ2v) is 3.28. The number of halogens is 2. The molecule has 1 aromatic rings. The van der Waals surface area contributed by atoms with E-state index in [1.807, 2.05) is 0 Å². The summed E-state index contributed by atoms with van der Waals surface area (Å²) < 4.78 is 13.2. The molecule has 0 aliphatic carbocycles. The number of nitriles is 1. The number of rotatable bonds is 2. The minimum Gasteiger partial charge on any atom is -0.298 e. The molecule has 14 heavy (non-hydrogen) atoms. The maximum absolute atomic E-state index is 13.2. The van der Waals surface area contributed by atoms with E-state index in [0.29, 0.717) is 5.02 Å². The number of benzene rings is 1. The molecule has 0 aromatic heterocycles. The molecule has 0 aliphatic rings. The predicted molar refractivity (Wildman–Crippen MR) is 50.4 cm³/mol. The standard InChI is InChI=1S/C10H7ClFNO/c1-6(14)9(5-13)8-4-7(11)2-3-10(8)12/h2-4,9H,1H3. The van der Waals surface area contributed by atoms with Crippen molar-refractivity contribution in [3.05, 3.63) is 34.6 Å².